The Morgan fingerprint density at radius 1 is 1.13 bits per heavy atom. The van der Waals surface area contributed by atoms with E-state index in [2.05, 4.69) is 34.3 Å². The Balaban J connectivity index is 1.48. The van der Waals surface area contributed by atoms with E-state index in [0.29, 0.717) is 23.8 Å². The fourth-order valence-electron chi connectivity index (χ4n) is 3.75. The van der Waals surface area contributed by atoms with Crippen LogP contribution in [0, 0.1) is 12.8 Å². The topological polar surface area (TPSA) is 67.3 Å². The lowest BCUT2D eigenvalue weighted by Gasteiger charge is -2.33. The van der Waals surface area contributed by atoms with Gasteiger partial charge in [-0.2, -0.15) is 0 Å². The number of anilines is 2. The first-order chi connectivity index (χ1) is 14.6. The summed E-state index contributed by atoms with van der Waals surface area (Å²) in [4.78, 5) is 24.3. The van der Waals surface area contributed by atoms with Gasteiger partial charge in [-0.25, -0.2) is 9.97 Å². The zero-order valence-corrected chi connectivity index (χ0v) is 17.3. The summed E-state index contributed by atoms with van der Waals surface area (Å²) < 4.78 is 5.34. The lowest BCUT2D eigenvalue weighted by atomic mass is 9.97. The highest BCUT2D eigenvalue weighted by atomic mass is 16.5. The molecular formula is C24H26N4O2. The molecule has 4 rings (SSSR count). The summed E-state index contributed by atoms with van der Waals surface area (Å²) in [6.45, 7) is 3.57. The molecule has 154 valence electrons. The van der Waals surface area contributed by atoms with Crippen LogP contribution in [0.5, 0.6) is 5.75 Å². The van der Waals surface area contributed by atoms with Crippen molar-refractivity contribution in [1.29, 1.82) is 0 Å². The van der Waals surface area contributed by atoms with Crippen LogP contribution in [0.1, 0.15) is 18.4 Å². The molecule has 30 heavy (non-hydrogen) atoms. The van der Waals surface area contributed by atoms with Gasteiger partial charge < -0.3 is 15.0 Å². The van der Waals surface area contributed by atoms with Gasteiger partial charge in [0.15, 0.2) is 5.82 Å². The molecule has 0 spiro atoms. The summed E-state index contributed by atoms with van der Waals surface area (Å²) in [6.07, 6.45) is 3.58. The summed E-state index contributed by atoms with van der Waals surface area (Å²) in [5, 5.41) is 3.02. The summed E-state index contributed by atoms with van der Waals surface area (Å²) in [6, 6.07) is 17.6. The van der Waals surface area contributed by atoms with E-state index in [1.54, 1.807) is 13.3 Å². The fourth-order valence-corrected chi connectivity index (χ4v) is 3.75. The minimum Gasteiger partial charge on any atom is -0.495 e. The predicted octanol–water partition coefficient (Wildman–Crippen LogP) is 4.32. The van der Waals surface area contributed by atoms with Crippen molar-refractivity contribution in [2.45, 2.75) is 19.8 Å². The number of amides is 1. The minimum absolute atomic E-state index is 0.0111. The summed E-state index contributed by atoms with van der Waals surface area (Å²) in [7, 11) is 1.61. The molecule has 1 unspecified atom stereocenters. The number of methoxy groups -OCH3 is 1. The number of carbonyl (C=O) groups is 1. The molecular weight excluding hydrogens is 376 g/mol. The molecule has 6 nitrogen and oxygen atoms in total. The molecule has 2 heterocycles. The lowest BCUT2D eigenvalue weighted by Crippen LogP contribution is -2.41. The molecule has 0 radical (unpaired) electrons. The third-order valence-corrected chi connectivity index (χ3v) is 5.43. The van der Waals surface area contributed by atoms with Crippen LogP contribution in [0.2, 0.25) is 0 Å². The molecule has 6 heteroatoms. The smallest absolute Gasteiger partial charge is 0.229 e. The van der Waals surface area contributed by atoms with E-state index in [1.807, 2.05) is 42.5 Å². The second-order valence-corrected chi connectivity index (χ2v) is 7.58. The Bertz CT molecular complexity index is 1020. The van der Waals surface area contributed by atoms with Crippen molar-refractivity contribution in [2.75, 3.05) is 30.4 Å². The Morgan fingerprint density at radius 3 is 2.73 bits per heavy atom. The highest BCUT2D eigenvalue weighted by molar-refractivity contribution is 5.94. The van der Waals surface area contributed by atoms with E-state index < -0.39 is 0 Å². The Kier molecular flexibility index (Phi) is 5.93. The molecule has 1 saturated heterocycles. The van der Waals surface area contributed by atoms with Gasteiger partial charge in [0.1, 0.15) is 11.6 Å². The number of ether oxygens (including phenoxy) is 1. The van der Waals surface area contributed by atoms with E-state index in [-0.39, 0.29) is 11.8 Å². The predicted molar refractivity (Wildman–Crippen MR) is 119 cm³/mol. The Hall–Kier alpha value is -3.41. The van der Waals surface area contributed by atoms with Gasteiger partial charge in [0, 0.05) is 24.8 Å². The molecule has 0 aliphatic carbocycles. The van der Waals surface area contributed by atoms with Gasteiger partial charge in [0.25, 0.3) is 0 Å². The number of nitrogens with zero attached hydrogens (tertiary/aromatic N) is 3. The highest BCUT2D eigenvalue weighted by Gasteiger charge is 2.27. The second kappa shape index (κ2) is 8.95. The van der Waals surface area contributed by atoms with Gasteiger partial charge in [0.2, 0.25) is 5.91 Å². The van der Waals surface area contributed by atoms with Crippen LogP contribution in [0.15, 0.2) is 60.8 Å². The van der Waals surface area contributed by atoms with Crippen molar-refractivity contribution in [3.63, 3.8) is 0 Å². The zero-order valence-electron chi connectivity index (χ0n) is 17.3. The molecule has 1 atom stereocenters. The zero-order chi connectivity index (χ0) is 20.9. The molecule has 1 amide bonds. The van der Waals surface area contributed by atoms with E-state index in [1.165, 1.54) is 5.56 Å². The van der Waals surface area contributed by atoms with Gasteiger partial charge in [0.05, 0.1) is 18.7 Å². The third kappa shape index (κ3) is 4.43. The largest absolute Gasteiger partial charge is 0.495 e. The SMILES string of the molecule is COc1ccccc1NC(=O)C1CCCN(c2ccnc(-c3ccc(C)cc3)n2)C1. The van der Waals surface area contributed by atoms with Crippen LogP contribution in [0.4, 0.5) is 11.5 Å². The van der Waals surface area contributed by atoms with Crippen molar-refractivity contribution in [1.82, 2.24) is 9.97 Å². The number of aryl methyl sites for hydroxylation is 1. The molecule has 1 fully saturated rings. The van der Waals surface area contributed by atoms with Crippen molar-refractivity contribution in [3.05, 3.63) is 66.4 Å². The van der Waals surface area contributed by atoms with Crippen LogP contribution >= 0.6 is 0 Å². The molecule has 2 aromatic carbocycles. The van der Waals surface area contributed by atoms with Crippen molar-refractivity contribution < 1.29 is 9.53 Å². The van der Waals surface area contributed by atoms with Crippen molar-refractivity contribution in [3.8, 4) is 17.1 Å². The fraction of sp³-hybridized carbons (Fsp3) is 0.292. The Morgan fingerprint density at radius 2 is 1.93 bits per heavy atom. The van der Waals surface area contributed by atoms with Gasteiger partial charge in [-0.05, 0) is 38.0 Å². The molecule has 1 N–H and O–H groups in total. The van der Waals surface area contributed by atoms with E-state index in [0.717, 1.165) is 30.8 Å². The number of carbonyl (C=O) groups excluding carboxylic acids is 1. The number of benzene rings is 2. The maximum atomic E-state index is 12.9. The van der Waals surface area contributed by atoms with E-state index in [9.17, 15) is 4.79 Å². The van der Waals surface area contributed by atoms with Gasteiger partial charge in [-0.3, -0.25) is 4.79 Å². The maximum absolute atomic E-state index is 12.9. The summed E-state index contributed by atoms with van der Waals surface area (Å²) in [5.74, 6) is 2.12. The first-order valence-corrected chi connectivity index (χ1v) is 10.2. The van der Waals surface area contributed by atoms with Crippen molar-refractivity contribution >= 4 is 17.4 Å². The van der Waals surface area contributed by atoms with Crippen LogP contribution in [-0.4, -0.2) is 36.1 Å². The number of para-hydroxylation sites is 2. The number of hydrogen-bond donors (Lipinski definition) is 1. The lowest BCUT2D eigenvalue weighted by molar-refractivity contribution is -0.120. The van der Waals surface area contributed by atoms with Gasteiger partial charge >= 0.3 is 0 Å². The molecule has 0 saturated carbocycles. The van der Waals surface area contributed by atoms with Crippen molar-refractivity contribution in [2.24, 2.45) is 5.92 Å². The number of nitrogens with one attached hydrogen (secondary N) is 1. The number of hydrogen-bond acceptors (Lipinski definition) is 5. The summed E-state index contributed by atoms with van der Waals surface area (Å²) in [5.41, 5.74) is 2.89. The second-order valence-electron chi connectivity index (χ2n) is 7.58. The van der Waals surface area contributed by atoms with Gasteiger partial charge in [-0.15, -0.1) is 0 Å². The standard InChI is InChI=1S/C24H26N4O2/c1-17-9-11-18(12-10-17)23-25-14-13-22(27-23)28-15-5-6-19(16-28)24(29)26-20-7-3-4-8-21(20)30-2/h3-4,7-14,19H,5-6,15-16H2,1-2H3,(H,26,29). The van der Waals surface area contributed by atoms with Crippen LogP contribution in [0.25, 0.3) is 11.4 Å². The van der Waals surface area contributed by atoms with Crippen LogP contribution in [0.3, 0.4) is 0 Å². The van der Waals surface area contributed by atoms with E-state index >= 15 is 0 Å². The molecule has 1 aliphatic rings. The molecule has 1 aliphatic heterocycles. The Labute approximate surface area is 176 Å². The number of rotatable bonds is 5. The number of piperidine rings is 1. The first-order valence-electron chi connectivity index (χ1n) is 10.2. The summed E-state index contributed by atoms with van der Waals surface area (Å²) >= 11 is 0. The first kappa shape index (κ1) is 19.9. The van der Waals surface area contributed by atoms with Gasteiger partial charge in [-0.1, -0.05) is 42.0 Å². The quantitative estimate of drug-likeness (QED) is 0.689. The highest BCUT2D eigenvalue weighted by Crippen LogP contribution is 2.27. The van der Waals surface area contributed by atoms with E-state index in [4.69, 9.17) is 9.72 Å². The average Bonchev–Trinajstić information content (AvgIpc) is 2.80. The number of aromatic nitrogens is 2. The monoisotopic (exact) mass is 402 g/mol. The minimum atomic E-state index is -0.110. The maximum Gasteiger partial charge on any atom is 0.229 e. The van der Waals surface area contributed by atoms with Crippen LogP contribution in [-0.2, 0) is 4.79 Å². The average molecular weight is 402 g/mol. The third-order valence-electron chi connectivity index (χ3n) is 5.43. The molecule has 1 aromatic heterocycles. The molecule has 0 bridgehead atoms. The van der Waals surface area contributed by atoms with Crippen LogP contribution < -0.4 is 15.0 Å². The normalized spacial score (nSPS) is 16.2. The molecule has 3 aromatic rings.